The predicted molar refractivity (Wildman–Crippen MR) is 102 cm³/mol. The van der Waals surface area contributed by atoms with Gasteiger partial charge in [-0.3, -0.25) is 19.3 Å². The fourth-order valence-corrected chi connectivity index (χ4v) is 4.55. The Balaban J connectivity index is 1.51. The van der Waals surface area contributed by atoms with Gasteiger partial charge in [-0.05, 0) is 30.2 Å². The van der Waals surface area contributed by atoms with Crippen molar-refractivity contribution in [3.05, 3.63) is 22.4 Å². The van der Waals surface area contributed by atoms with Gasteiger partial charge in [-0.25, -0.2) is 4.79 Å². The highest BCUT2D eigenvalue weighted by molar-refractivity contribution is 7.09. The summed E-state index contributed by atoms with van der Waals surface area (Å²) in [6, 6.07) is 3.24. The highest BCUT2D eigenvalue weighted by Gasteiger charge is 2.55. The van der Waals surface area contributed by atoms with Crippen molar-refractivity contribution < 1.29 is 23.9 Å². The number of ether oxygens (including phenoxy) is 1. The average Bonchev–Trinajstić information content (AvgIpc) is 3.25. The molecule has 0 unspecified atom stereocenters. The summed E-state index contributed by atoms with van der Waals surface area (Å²) in [7, 11) is 1.63. The van der Waals surface area contributed by atoms with Crippen molar-refractivity contribution in [2.75, 3.05) is 20.2 Å². The summed E-state index contributed by atoms with van der Waals surface area (Å²) in [6.45, 7) is 1.47. The van der Waals surface area contributed by atoms with E-state index < -0.39 is 30.7 Å². The highest BCUT2D eigenvalue weighted by atomic mass is 32.1. The van der Waals surface area contributed by atoms with Gasteiger partial charge in [-0.15, -0.1) is 11.3 Å². The number of likely N-dealkylation sites (N-methyl/N-ethyl adjacent to an activating group) is 1. The fraction of sp³-hybridized carbons (Fsp3) is 0.579. The Morgan fingerprint density at radius 2 is 2.18 bits per heavy atom. The molecule has 2 heterocycles. The molecule has 9 heteroatoms. The van der Waals surface area contributed by atoms with Crippen LogP contribution in [0.5, 0.6) is 0 Å². The molecule has 1 aliphatic heterocycles. The molecule has 0 bridgehead atoms. The zero-order valence-electron chi connectivity index (χ0n) is 16.1. The number of hydrogen-bond acceptors (Lipinski definition) is 6. The SMILES string of the molecule is C[C@@H]1CCCC[C@@]12NC(=O)N(CC(=O)OCC(=O)N(C)Cc1cccs1)C2=O. The Morgan fingerprint density at radius 3 is 2.86 bits per heavy atom. The van der Waals surface area contributed by atoms with Crippen LogP contribution in [0.4, 0.5) is 4.79 Å². The van der Waals surface area contributed by atoms with Gasteiger partial charge in [0, 0.05) is 11.9 Å². The number of esters is 1. The first kappa shape index (κ1) is 20.3. The lowest BCUT2D eigenvalue weighted by Crippen LogP contribution is -2.54. The number of imide groups is 1. The molecule has 2 aliphatic rings. The number of hydrogen-bond donors (Lipinski definition) is 1. The zero-order valence-corrected chi connectivity index (χ0v) is 16.9. The molecule has 1 N–H and O–H groups in total. The minimum atomic E-state index is -0.910. The van der Waals surface area contributed by atoms with Crippen LogP contribution in [0.15, 0.2) is 17.5 Å². The second-order valence-electron chi connectivity index (χ2n) is 7.43. The molecule has 2 atom stereocenters. The molecule has 2 fully saturated rings. The van der Waals surface area contributed by atoms with Crippen molar-refractivity contribution in [1.29, 1.82) is 0 Å². The van der Waals surface area contributed by atoms with Gasteiger partial charge in [-0.2, -0.15) is 0 Å². The standard InChI is InChI=1S/C19H25N3O5S/c1-13-6-3-4-8-19(13)17(25)22(18(26)20-19)11-16(24)27-12-15(23)21(2)10-14-7-5-9-28-14/h5,7,9,13H,3-4,6,8,10-12H2,1-2H3,(H,20,26)/t13-,19-/m1/s1. The lowest BCUT2D eigenvalue weighted by atomic mass is 9.73. The van der Waals surface area contributed by atoms with Crippen molar-refractivity contribution in [3.63, 3.8) is 0 Å². The van der Waals surface area contributed by atoms with Crippen LogP contribution in [-0.2, 0) is 25.7 Å². The Morgan fingerprint density at radius 1 is 1.39 bits per heavy atom. The van der Waals surface area contributed by atoms with E-state index in [1.165, 1.54) is 16.2 Å². The van der Waals surface area contributed by atoms with Gasteiger partial charge >= 0.3 is 12.0 Å². The first-order valence-corrected chi connectivity index (χ1v) is 10.3. The lowest BCUT2D eigenvalue weighted by molar-refractivity contribution is -0.153. The van der Waals surface area contributed by atoms with Crippen LogP contribution >= 0.6 is 11.3 Å². The summed E-state index contributed by atoms with van der Waals surface area (Å²) >= 11 is 1.54. The van der Waals surface area contributed by atoms with E-state index in [1.807, 2.05) is 24.4 Å². The van der Waals surface area contributed by atoms with Crippen LogP contribution in [0.3, 0.4) is 0 Å². The van der Waals surface area contributed by atoms with Gasteiger partial charge < -0.3 is 15.0 Å². The molecule has 1 aromatic rings. The summed E-state index contributed by atoms with van der Waals surface area (Å²) < 4.78 is 5.00. The van der Waals surface area contributed by atoms with Crippen LogP contribution < -0.4 is 5.32 Å². The summed E-state index contributed by atoms with van der Waals surface area (Å²) in [6.07, 6.45) is 3.32. The molecule has 0 aromatic carbocycles. The van der Waals surface area contributed by atoms with Crippen LogP contribution in [0, 0.1) is 5.92 Å². The summed E-state index contributed by atoms with van der Waals surface area (Å²) in [5.74, 6) is -1.48. The Kier molecular flexibility index (Phi) is 6.02. The van der Waals surface area contributed by atoms with E-state index in [9.17, 15) is 19.2 Å². The van der Waals surface area contributed by atoms with Crippen molar-refractivity contribution in [1.82, 2.24) is 15.1 Å². The largest absolute Gasteiger partial charge is 0.454 e. The highest BCUT2D eigenvalue weighted by Crippen LogP contribution is 2.38. The molecule has 1 spiro atoms. The van der Waals surface area contributed by atoms with Crippen molar-refractivity contribution in [2.24, 2.45) is 5.92 Å². The summed E-state index contributed by atoms with van der Waals surface area (Å²) in [5, 5.41) is 4.71. The second kappa shape index (κ2) is 8.30. The Hall–Kier alpha value is -2.42. The number of rotatable bonds is 6. The normalized spacial score (nSPS) is 24.4. The van der Waals surface area contributed by atoms with E-state index in [1.54, 1.807) is 7.05 Å². The van der Waals surface area contributed by atoms with E-state index in [0.29, 0.717) is 13.0 Å². The molecule has 1 aromatic heterocycles. The van der Waals surface area contributed by atoms with Gasteiger partial charge in [0.25, 0.3) is 11.8 Å². The fourth-order valence-electron chi connectivity index (χ4n) is 3.79. The van der Waals surface area contributed by atoms with Gasteiger partial charge in [0.15, 0.2) is 6.61 Å². The maximum absolute atomic E-state index is 12.8. The number of carbonyl (C=O) groups is 4. The van der Waals surface area contributed by atoms with E-state index in [-0.39, 0.29) is 17.7 Å². The Labute approximate surface area is 167 Å². The average molecular weight is 407 g/mol. The molecule has 8 nitrogen and oxygen atoms in total. The van der Waals surface area contributed by atoms with Crippen molar-refractivity contribution in [3.8, 4) is 0 Å². The zero-order chi connectivity index (χ0) is 20.3. The quantitative estimate of drug-likeness (QED) is 0.573. The number of urea groups is 1. The predicted octanol–water partition coefficient (Wildman–Crippen LogP) is 1.75. The molecule has 3 rings (SSSR count). The molecule has 4 amide bonds. The number of nitrogens with zero attached hydrogens (tertiary/aromatic N) is 2. The minimum absolute atomic E-state index is 0.0196. The molecule has 28 heavy (non-hydrogen) atoms. The van der Waals surface area contributed by atoms with Crippen LogP contribution in [0.2, 0.25) is 0 Å². The Bertz CT molecular complexity index is 766. The van der Waals surface area contributed by atoms with Gasteiger partial charge in [0.05, 0.1) is 6.54 Å². The lowest BCUT2D eigenvalue weighted by Gasteiger charge is -2.36. The summed E-state index contributed by atoms with van der Waals surface area (Å²) in [5.41, 5.74) is -0.910. The maximum atomic E-state index is 12.8. The second-order valence-corrected chi connectivity index (χ2v) is 8.46. The smallest absolute Gasteiger partial charge is 0.326 e. The third-order valence-corrected chi connectivity index (χ3v) is 6.41. The molecule has 1 saturated carbocycles. The van der Waals surface area contributed by atoms with E-state index in [0.717, 1.165) is 29.0 Å². The van der Waals surface area contributed by atoms with Gasteiger partial charge in [-0.1, -0.05) is 25.8 Å². The molecule has 0 radical (unpaired) electrons. The van der Waals surface area contributed by atoms with E-state index in [4.69, 9.17) is 4.74 Å². The molecular weight excluding hydrogens is 382 g/mol. The van der Waals surface area contributed by atoms with Crippen LogP contribution in [0.1, 0.15) is 37.5 Å². The van der Waals surface area contributed by atoms with E-state index >= 15 is 0 Å². The van der Waals surface area contributed by atoms with E-state index in [2.05, 4.69) is 5.32 Å². The number of nitrogens with one attached hydrogen (secondary N) is 1. The minimum Gasteiger partial charge on any atom is -0.454 e. The first-order chi connectivity index (χ1) is 13.3. The summed E-state index contributed by atoms with van der Waals surface area (Å²) in [4.78, 5) is 52.7. The maximum Gasteiger partial charge on any atom is 0.326 e. The van der Waals surface area contributed by atoms with Crippen LogP contribution in [-0.4, -0.2) is 59.4 Å². The van der Waals surface area contributed by atoms with Crippen molar-refractivity contribution >= 4 is 35.2 Å². The van der Waals surface area contributed by atoms with Gasteiger partial charge in [0.1, 0.15) is 12.1 Å². The van der Waals surface area contributed by atoms with Crippen molar-refractivity contribution in [2.45, 2.75) is 44.7 Å². The molecular formula is C19H25N3O5S. The molecule has 1 saturated heterocycles. The third-order valence-electron chi connectivity index (χ3n) is 5.54. The number of carbonyl (C=O) groups excluding carboxylic acids is 4. The van der Waals surface area contributed by atoms with Gasteiger partial charge in [0.2, 0.25) is 0 Å². The van der Waals surface area contributed by atoms with Crippen LogP contribution in [0.25, 0.3) is 0 Å². The number of amides is 4. The third kappa shape index (κ3) is 4.04. The first-order valence-electron chi connectivity index (χ1n) is 9.39. The number of thiophene rings is 1. The topological polar surface area (TPSA) is 96.0 Å². The molecule has 1 aliphatic carbocycles. The monoisotopic (exact) mass is 407 g/mol. The molecule has 152 valence electrons.